The first-order chi connectivity index (χ1) is 32.1. The second kappa shape index (κ2) is 13.2. The van der Waals surface area contributed by atoms with E-state index in [9.17, 15) is 0 Å². The normalized spacial score (nSPS) is 13.1. The number of nitrogens with one attached hydrogen (secondary N) is 4. The first-order valence-electron chi connectivity index (χ1n) is 22.8. The molecule has 0 saturated carbocycles. The van der Waals surface area contributed by atoms with Crippen LogP contribution in [0.25, 0.3) is 125 Å². The Morgan fingerprint density at radius 1 is 0.323 bits per heavy atom. The quantitative estimate of drug-likeness (QED) is 0.126. The fourth-order valence-electron chi connectivity index (χ4n) is 12.7. The van der Waals surface area contributed by atoms with Gasteiger partial charge in [0.05, 0.1) is 22.7 Å². The van der Waals surface area contributed by atoms with Gasteiger partial charge in [0.15, 0.2) is 0 Å². The van der Waals surface area contributed by atoms with Gasteiger partial charge in [-0.2, -0.15) is 0 Å². The van der Waals surface area contributed by atoms with E-state index >= 15 is 0 Å². The van der Waals surface area contributed by atoms with Crippen molar-refractivity contribution < 1.29 is 0 Å². The van der Waals surface area contributed by atoms with Crippen molar-refractivity contribution in [2.24, 2.45) is 0 Å². The molecule has 0 unspecified atom stereocenters. The Hall–Kier alpha value is -8.08. The van der Waals surface area contributed by atoms with Gasteiger partial charge in [-0.05, 0) is 104 Å². The van der Waals surface area contributed by atoms with Crippen LogP contribution in [-0.2, 0) is 6.42 Å². The molecule has 0 fully saturated rings. The lowest BCUT2D eigenvalue weighted by molar-refractivity contribution is 1.34. The Labute approximate surface area is 376 Å². The monoisotopic (exact) mass is 832 g/mol. The van der Waals surface area contributed by atoms with Crippen LogP contribution in [0, 0.1) is 0 Å². The summed E-state index contributed by atoms with van der Waals surface area (Å²) in [5.41, 5.74) is 16.3. The summed E-state index contributed by atoms with van der Waals surface area (Å²) in [5.74, 6) is 0. The molecule has 12 aromatic rings. The maximum absolute atomic E-state index is 3.83. The first kappa shape index (κ1) is 36.4. The van der Waals surface area contributed by atoms with E-state index in [4.69, 9.17) is 0 Å². The second-order valence-electron chi connectivity index (χ2n) is 17.8. The van der Waals surface area contributed by atoms with Crippen LogP contribution in [0.2, 0.25) is 0 Å². The van der Waals surface area contributed by atoms with E-state index in [1.165, 1.54) is 164 Å². The third-order valence-corrected chi connectivity index (χ3v) is 15.1. The Morgan fingerprint density at radius 2 is 0.800 bits per heavy atom. The van der Waals surface area contributed by atoms with Crippen molar-refractivity contribution in [2.45, 2.75) is 6.42 Å². The Morgan fingerprint density at radius 3 is 1.54 bits per heavy atom. The second-order valence-corrected chi connectivity index (χ2v) is 17.8. The SMILES string of the molecule is CNc1c2c(c(NC)c3ccccc13)-c1ccc(C3=c4cccc5c4c(c4c(NC)c6c7ccc(-c8cccc9ccccc89)c8cccc(c6c(NC)c45)c87)CC=C3)c3cccc-2c13. The summed E-state index contributed by atoms with van der Waals surface area (Å²) in [6.45, 7) is 0. The summed E-state index contributed by atoms with van der Waals surface area (Å²) in [5, 5.41) is 36.8. The number of hydrogen-bond donors (Lipinski definition) is 4. The van der Waals surface area contributed by atoms with Crippen LogP contribution in [0.4, 0.5) is 22.7 Å². The van der Waals surface area contributed by atoms with Gasteiger partial charge in [-0.25, -0.2) is 0 Å². The fourth-order valence-corrected chi connectivity index (χ4v) is 12.7. The minimum absolute atomic E-state index is 0.829. The van der Waals surface area contributed by atoms with Crippen molar-refractivity contribution in [3.8, 4) is 33.4 Å². The minimum atomic E-state index is 0.829. The molecule has 0 aliphatic heterocycles. The molecule has 12 aromatic carbocycles. The van der Waals surface area contributed by atoms with Crippen molar-refractivity contribution in [1.29, 1.82) is 0 Å². The van der Waals surface area contributed by atoms with Gasteiger partial charge in [0, 0.05) is 71.6 Å². The van der Waals surface area contributed by atoms with Gasteiger partial charge in [0.2, 0.25) is 0 Å². The van der Waals surface area contributed by atoms with Gasteiger partial charge in [0.1, 0.15) is 0 Å². The van der Waals surface area contributed by atoms with Gasteiger partial charge in [0.25, 0.3) is 0 Å². The molecule has 2 aliphatic rings. The molecule has 65 heavy (non-hydrogen) atoms. The summed E-state index contributed by atoms with van der Waals surface area (Å²) in [6, 6.07) is 54.5. The highest BCUT2D eigenvalue weighted by Crippen LogP contribution is 2.58. The van der Waals surface area contributed by atoms with Crippen LogP contribution in [0.5, 0.6) is 0 Å². The molecule has 0 bridgehead atoms. The zero-order valence-corrected chi connectivity index (χ0v) is 36.7. The highest BCUT2D eigenvalue weighted by Gasteiger charge is 2.31. The van der Waals surface area contributed by atoms with Crippen molar-refractivity contribution >= 4 is 115 Å². The summed E-state index contributed by atoms with van der Waals surface area (Å²) < 4.78 is 0. The van der Waals surface area contributed by atoms with Crippen molar-refractivity contribution in [3.05, 3.63) is 174 Å². The number of fused-ring (bicyclic) bond motifs is 11. The van der Waals surface area contributed by atoms with Crippen LogP contribution in [0.15, 0.2) is 158 Å². The molecule has 0 heterocycles. The molecule has 308 valence electrons. The molecular formula is C61H44N4. The van der Waals surface area contributed by atoms with E-state index < -0.39 is 0 Å². The van der Waals surface area contributed by atoms with E-state index in [1.54, 1.807) is 0 Å². The zero-order chi connectivity index (χ0) is 43.2. The molecule has 2 aliphatic carbocycles. The maximum atomic E-state index is 3.83. The Balaban J connectivity index is 1.07. The lowest BCUT2D eigenvalue weighted by Gasteiger charge is -2.19. The lowest BCUT2D eigenvalue weighted by Crippen LogP contribution is -2.07. The molecule has 14 rings (SSSR count). The number of allylic oxidation sites excluding steroid dienone is 2. The van der Waals surface area contributed by atoms with E-state index in [2.05, 4.69) is 207 Å². The molecule has 4 heteroatoms. The third-order valence-electron chi connectivity index (χ3n) is 15.1. The summed E-state index contributed by atoms with van der Waals surface area (Å²) in [6.07, 6.45) is 5.63. The smallest absolute Gasteiger partial charge is 0.0511 e. The number of anilines is 4. The van der Waals surface area contributed by atoms with E-state index in [-0.39, 0.29) is 0 Å². The summed E-state index contributed by atoms with van der Waals surface area (Å²) in [7, 11) is 8.33. The molecule has 0 aromatic heterocycles. The highest BCUT2D eigenvalue weighted by atomic mass is 14.9. The van der Waals surface area contributed by atoms with Crippen molar-refractivity contribution in [3.63, 3.8) is 0 Å². The van der Waals surface area contributed by atoms with Gasteiger partial charge < -0.3 is 21.3 Å². The molecular weight excluding hydrogens is 789 g/mol. The van der Waals surface area contributed by atoms with Crippen LogP contribution in [-0.4, -0.2) is 28.2 Å². The van der Waals surface area contributed by atoms with Crippen molar-refractivity contribution in [2.75, 3.05) is 49.5 Å². The summed E-state index contributed by atoms with van der Waals surface area (Å²) in [4.78, 5) is 0. The van der Waals surface area contributed by atoms with Crippen LogP contribution in [0.3, 0.4) is 0 Å². The fraction of sp³-hybridized carbons (Fsp3) is 0.0820. The summed E-state index contributed by atoms with van der Waals surface area (Å²) >= 11 is 0. The van der Waals surface area contributed by atoms with E-state index in [0.29, 0.717) is 0 Å². The largest absolute Gasteiger partial charge is 0.387 e. The predicted molar refractivity (Wildman–Crippen MR) is 283 cm³/mol. The van der Waals surface area contributed by atoms with Crippen LogP contribution in [0.1, 0.15) is 11.1 Å². The number of hydrogen-bond acceptors (Lipinski definition) is 4. The maximum Gasteiger partial charge on any atom is 0.0511 e. The first-order valence-corrected chi connectivity index (χ1v) is 22.8. The molecule has 0 radical (unpaired) electrons. The predicted octanol–water partition coefficient (Wildman–Crippen LogP) is 14.9. The van der Waals surface area contributed by atoms with Crippen molar-refractivity contribution in [1.82, 2.24) is 0 Å². The molecule has 0 atom stereocenters. The van der Waals surface area contributed by atoms with Crippen LogP contribution < -0.4 is 26.5 Å². The molecule has 0 amide bonds. The van der Waals surface area contributed by atoms with Gasteiger partial charge in [-0.15, -0.1) is 0 Å². The highest BCUT2D eigenvalue weighted by molar-refractivity contribution is 6.43. The average molecular weight is 833 g/mol. The molecule has 0 saturated heterocycles. The average Bonchev–Trinajstić information content (AvgIpc) is 3.94. The minimum Gasteiger partial charge on any atom is -0.387 e. The standard InChI is InChI=1S/C61H44N4/c1-62-58-41-17-7-8-18-42(41)59(63-2)53-47-30-29-37(40-23-12-25-43(50(40)47)52(53)58)35-20-10-24-44-49-38(35)21-11-26-45(49)54-55(44)61(65-4)57-48-31-28-36(34-19-9-15-32-14-5-6-16-33(32)34)39-22-13-27-46(51(39)48)56(57)60(54)64-3/h5-23,25-31,62-65H,24H2,1-4H3. The third kappa shape index (κ3) is 4.51. The zero-order valence-electron chi connectivity index (χ0n) is 36.7. The molecule has 4 nitrogen and oxygen atoms in total. The molecule has 4 N–H and O–H groups in total. The van der Waals surface area contributed by atoms with E-state index in [1.807, 2.05) is 0 Å². The van der Waals surface area contributed by atoms with Crippen LogP contribution >= 0.6 is 0 Å². The van der Waals surface area contributed by atoms with E-state index in [0.717, 1.165) is 6.42 Å². The molecule has 0 spiro atoms. The Bertz CT molecular complexity index is 4130. The number of rotatable bonds is 6. The van der Waals surface area contributed by atoms with Gasteiger partial charge >= 0.3 is 0 Å². The van der Waals surface area contributed by atoms with Gasteiger partial charge in [-0.1, -0.05) is 158 Å². The lowest BCUT2D eigenvalue weighted by atomic mass is 9.92. The van der Waals surface area contributed by atoms with Gasteiger partial charge in [-0.3, -0.25) is 0 Å². The number of benzene rings is 10. The Kier molecular flexibility index (Phi) is 7.41. The topological polar surface area (TPSA) is 48.1 Å².